The molecule has 0 N–H and O–H groups in total. The molecule has 0 amide bonds. The lowest BCUT2D eigenvalue weighted by molar-refractivity contribution is -0.138. The zero-order chi connectivity index (χ0) is 32.2. The topological polar surface area (TPSA) is 79.1 Å². The van der Waals surface area contributed by atoms with Crippen molar-refractivity contribution < 1.29 is 23.4 Å². The van der Waals surface area contributed by atoms with Crippen molar-refractivity contribution in [3.05, 3.63) is 155 Å². The van der Waals surface area contributed by atoms with Crippen LogP contribution in [0, 0.1) is 5.82 Å². The van der Waals surface area contributed by atoms with Gasteiger partial charge in [0, 0.05) is 5.56 Å². The molecule has 0 fully saturated rings. The predicted octanol–water partition coefficient (Wildman–Crippen LogP) is 6.42. The normalized spacial score (nSPS) is 14.4. The average molecular weight is 700 g/mol. The van der Waals surface area contributed by atoms with Gasteiger partial charge >= 0.3 is 5.97 Å². The van der Waals surface area contributed by atoms with Gasteiger partial charge in [-0.05, 0) is 82.0 Å². The number of aromatic nitrogens is 1. The fraction of sp³-hybridized carbons (Fsp3) is 0.139. The van der Waals surface area contributed by atoms with Gasteiger partial charge in [-0.1, -0.05) is 72.0 Å². The maximum atomic E-state index is 14.1. The lowest BCUT2D eigenvalue weighted by Crippen LogP contribution is -2.40. The third-order valence-corrected chi connectivity index (χ3v) is 8.97. The maximum absolute atomic E-state index is 14.1. The van der Waals surface area contributed by atoms with E-state index >= 15 is 0 Å². The molecule has 1 atom stereocenters. The second-order valence-corrected chi connectivity index (χ2v) is 12.2. The molecule has 0 aliphatic carbocycles. The van der Waals surface area contributed by atoms with Crippen molar-refractivity contribution in [1.29, 1.82) is 0 Å². The van der Waals surface area contributed by atoms with Crippen LogP contribution in [-0.4, -0.2) is 24.3 Å². The van der Waals surface area contributed by atoms with Crippen LogP contribution < -0.4 is 24.4 Å². The van der Waals surface area contributed by atoms with Crippen LogP contribution in [-0.2, 0) is 16.1 Å². The number of thiazole rings is 1. The molecule has 1 aliphatic heterocycles. The number of ether oxygens (including phenoxy) is 3. The number of nitrogens with zero attached hydrogens (tertiary/aromatic N) is 2. The predicted molar refractivity (Wildman–Crippen MR) is 179 cm³/mol. The smallest absolute Gasteiger partial charge is 0.338 e. The number of methoxy groups -OCH3 is 1. The number of hydrogen-bond donors (Lipinski definition) is 0. The second-order valence-electron chi connectivity index (χ2n) is 10.3. The Morgan fingerprint density at radius 2 is 1.76 bits per heavy atom. The fourth-order valence-corrected chi connectivity index (χ4v) is 6.67. The lowest BCUT2D eigenvalue weighted by Gasteiger charge is -2.26. The molecule has 4 aromatic carbocycles. The molecule has 232 valence electrons. The van der Waals surface area contributed by atoms with E-state index in [4.69, 9.17) is 19.2 Å². The Morgan fingerprint density at radius 1 is 1.02 bits per heavy atom. The Kier molecular flexibility index (Phi) is 9.28. The molecule has 0 radical (unpaired) electrons. The number of carbonyl (C=O) groups is 1. The summed E-state index contributed by atoms with van der Waals surface area (Å²) in [4.78, 5) is 33.1. The van der Waals surface area contributed by atoms with Crippen LogP contribution in [0.1, 0.15) is 35.2 Å². The van der Waals surface area contributed by atoms with Gasteiger partial charge in [0.1, 0.15) is 23.9 Å². The van der Waals surface area contributed by atoms with Crippen molar-refractivity contribution in [2.24, 2.45) is 4.99 Å². The highest BCUT2D eigenvalue weighted by Gasteiger charge is 2.35. The minimum absolute atomic E-state index is 0.169. The van der Waals surface area contributed by atoms with E-state index in [-0.39, 0.29) is 30.2 Å². The summed E-state index contributed by atoms with van der Waals surface area (Å²) < 4.78 is 32.8. The van der Waals surface area contributed by atoms with Crippen molar-refractivity contribution in [2.45, 2.75) is 19.6 Å². The Balaban J connectivity index is 1.45. The number of benzene rings is 4. The largest absolute Gasteiger partial charge is 0.497 e. The van der Waals surface area contributed by atoms with Gasteiger partial charge < -0.3 is 14.2 Å². The molecule has 1 aliphatic rings. The fourth-order valence-electron chi connectivity index (χ4n) is 5.16. The van der Waals surface area contributed by atoms with E-state index in [1.807, 2.05) is 60.7 Å². The summed E-state index contributed by atoms with van der Waals surface area (Å²) in [6.07, 6.45) is 1.79. The minimum atomic E-state index is -0.785. The number of esters is 1. The van der Waals surface area contributed by atoms with Gasteiger partial charge in [-0.25, -0.2) is 14.2 Å². The standard InChI is InChI=1S/C36H28BrFN2O5S/c1-3-44-35(42)31-32(24-7-5-4-6-8-24)39-36-40(33(31)25-12-16-27(43-2)17-13-25)34(41)30(46-36)20-23-11-18-29(28(37)19-23)45-21-22-9-14-26(38)15-10-22/h4-20,33H,3,21H2,1-2H3/b30-20-/t33-/m0/s1. The lowest BCUT2D eigenvalue weighted by atomic mass is 9.93. The van der Waals surface area contributed by atoms with Crippen LogP contribution in [0.25, 0.3) is 11.8 Å². The van der Waals surface area contributed by atoms with E-state index < -0.39 is 12.0 Å². The van der Waals surface area contributed by atoms with E-state index in [1.54, 1.807) is 48.9 Å². The summed E-state index contributed by atoms with van der Waals surface area (Å²) in [5.41, 5.74) is 3.50. The van der Waals surface area contributed by atoms with Gasteiger partial charge in [-0.15, -0.1) is 0 Å². The van der Waals surface area contributed by atoms with E-state index in [1.165, 1.54) is 23.5 Å². The van der Waals surface area contributed by atoms with Gasteiger partial charge in [0.2, 0.25) is 0 Å². The number of halogens is 2. The first kappa shape index (κ1) is 31.2. The Morgan fingerprint density at radius 3 is 2.43 bits per heavy atom. The molecule has 0 unspecified atom stereocenters. The molecule has 5 aromatic rings. The first-order valence-electron chi connectivity index (χ1n) is 14.5. The molecule has 6 rings (SSSR count). The Bertz CT molecular complexity index is 2110. The van der Waals surface area contributed by atoms with E-state index in [2.05, 4.69) is 15.9 Å². The zero-order valence-corrected chi connectivity index (χ0v) is 27.3. The Hall–Kier alpha value is -4.80. The van der Waals surface area contributed by atoms with Gasteiger partial charge in [0.15, 0.2) is 4.80 Å². The molecule has 0 saturated heterocycles. The molecular formula is C36H28BrFN2O5S. The molecule has 46 heavy (non-hydrogen) atoms. The maximum Gasteiger partial charge on any atom is 0.338 e. The van der Waals surface area contributed by atoms with Gasteiger partial charge in [-0.3, -0.25) is 9.36 Å². The summed E-state index contributed by atoms with van der Waals surface area (Å²) in [5.74, 6) is 0.412. The summed E-state index contributed by atoms with van der Waals surface area (Å²) >= 11 is 4.82. The van der Waals surface area contributed by atoms with Crippen LogP contribution >= 0.6 is 27.3 Å². The molecule has 0 spiro atoms. The third-order valence-electron chi connectivity index (χ3n) is 7.37. The number of fused-ring (bicyclic) bond motifs is 1. The van der Waals surface area contributed by atoms with Crippen molar-refractivity contribution in [1.82, 2.24) is 4.57 Å². The summed E-state index contributed by atoms with van der Waals surface area (Å²) in [6, 6.07) is 27.6. The number of carbonyl (C=O) groups excluding carboxylic acids is 1. The summed E-state index contributed by atoms with van der Waals surface area (Å²) in [7, 11) is 1.58. The summed E-state index contributed by atoms with van der Waals surface area (Å²) in [5, 5.41) is 0. The molecule has 0 bridgehead atoms. The van der Waals surface area contributed by atoms with Crippen LogP contribution in [0.3, 0.4) is 0 Å². The molecular weight excluding hydrogens is 671 g/mol. The monoisotopic (exact) mass is 698 g/mol. The van der Waals surface area contributed by atoms with Crippen molar-refractivity contribution >= 4 is 45.0 Å². The molecule has 0 saturated carbocycles. The van der Waals surface area contributed by atoms with Gasteiger partial charge in [-0.2, -0.15) is 0 Å². The number of rotatable bonds is 9. The van der Waals surface area contributed by atoms with Crippen molar-refractivity contribution in [2.75, 3.05) is 13.7 Å². The second kappa shape index (κ2) is 13.7. The van der Waals surface area contributed by atoms with Gasteiger partial charge in [0.05, 0.1) is 40.0 Å². The van der Waals surface area contributed by atoms with E-state index in [0.717, 1.165) is 16.7 Å². The van der Waals surface area contributed by atoms with E-state index in [0.29, 0.717) is 36.6 Å². The highest BCUT2D eigenvalue weighted by atomic mass is 79.9. The number of hydrogen-bond acceptors (Lipinski definition) is 7. The first-order valence-corrected chi connectivity index (χ1v) is 16.1. The first-order chi connectivity index (χ1) is 22.4. The van der Waals surface area contributed by atoms with Gasteiger partial charge in [0.25, 0.3) is 5.56 Å². The molecule has 7 nitrogen and oxygen atoms in total. The highest BCUT2D eigenvalue weighted by molar-refractivity contribution is 9.10. The highest BCUT2D eigenvalue weighted by Crippen LogP contribution is 2.36. The molecule has 10 heteroatoms. The van der Waals surface area contributed by atoms with E-state index in [9.17, 15) is 14.0 Å². The molecule has 1 aromatic heterocycles. The zero-order valence-electron chi connectivity index (χ0n) is 24.9. The summed E-state index contributed by atoms with van der Waals surface area (Å²) in [6.45, 7) is 2.19. The Labute approximate surface area is 276 Å². The van der Waals surface area contributed by atoms with Crippen LogP contribution in [0.2, 0.25) is 0 Å². The minimum Gasteiger partial charge on any atom is -0.497 e. The quantitative estimate of drug-likeness (QED) is 0.166. The SMILES string of the molecule is CCOC(=O)C1=C(c2ccccc2)N=c2s/c(=C\c3ccc(OCc4ccc(F)cc4)c(Br)c3)c(=O)n2[C@H]1c1ccc(OC)cc1. The van der Waals surface area contributed by atoms with Crippen molar-refractivity contribution in [3.63, 3.8) is 0 Å². The van der Waals surface area contributed by atoms with Crippen LogP contribution in [0.4, 0.5) is 4.39 Å². The van der Waals surface area contributed by atoms with Crippen molar-refractivity contribution in [3.8, 4) is 11.5 Å². The molecule has 2 heterocycles. The van der Waals surface area contributed by atoms with Crippen LogP contribution in [0.5, 0.6) is 11.5 Å². The third kappa shape index (κ3) is 6.45. The van der Waals surface area contributed by atoms with Crippen LogP contribution in [0.15, 0.2) is 117 Å². The average Bonchev–Trinajstić information content (AvgIpc) is 3.38.